The Morgan fingerprint density at radius 3 is 2.71 bits per heavy atom. The molecule has 11 heteroatoms. The normalized spacial score (nSPS) is 11.3. The maximum atomic E-state index is 13.0. The third-order valence-corrected chi connectivity index (χ3v) is 6.69. The molecule has 0 aliphatic rings. The summed E-state index contributed by atoms with van der Waals surface area (Å²) in [6.07, 6.45) is 4.96. The van der Waals surface area contributed by atoms with Crippen molar-refractivity contribution in [2.75, 3.05) is 13.2 Å². The summed E-state index contributed by atoms with van der Waals surface area (Å²) in [7, 11) is 0. The fourth-order valence-electron chi connectivity index (χ4n) is 3.75. The molecule has 41 heavy (non-hydrogen) atoms. The zero-order valence-electron chi connectivity index (χ0n) is 23.1. The monoisotopic (exact) mass is 595 g/mol. The van der Waals surface area contributed by atoms with Crippen LogP contribution in [-0.4, -0.2) is 35.5 Å². The van der Waals surface area contributed by atoms with Crippen LogP contribution >= 0.6 is 23.1 Å². The van der Waals surface area contributed by atoms with Gasteiger partial charge in [-0.3, -0.25) is 10.1 Å². The smallest absolute Gasteiger partial charge is 0.407 e. The van der Waals surface area contributed by atoms with E-state index in [0.29, 0.717) is 41.4 Å². The summed E-state index contributed by atoms with van der Waals surface area (Å²) in [6.45, 7) is 8.66. The molecule has 2 aromatic carbocycles. The number of hydrogen-bond donors (Lipinski definition) is 3. The number of aryl methyl sites for hydroxylation is 1. The predicted octanol–water partition coefficient (Wildman–Crippen LogP) is 6.02. The maximum absolute atomic E-state index is 13.0. The summed E-state index contributed by atoms with van der Waals surface area (Å²) >= 11 is 7.51. The molecule has 1 heterocycles. The Labute approximate surface area is 249 Å². The maximum Gasteiger partial charge on any atom is 0.407 e. The van der Waals surface area contributed by atoms with Crippen LogP contribution in [0.5, 0.6) is 5.75 Å². The van der Waals surface area contributed by atoms with Gasteiger partial charge < -0.3 is 20.5 Å². The quantitative estimate of drug-likeness (QED) is 0.0959. The van der Waals surface area contributed by atoms with Crippen molar-refractivity contribution in [1.29, 1.82) is 0 Å². The number of alkyl carbamates (subject to hydrolysis) is 1. The molecule has 9 nitrogen and oxygen atoms in total. The molecule has 1 aromatic heterocycles. The van der Waals surface area contributed by atoms with Crippen molar-refractivity contribution in [2.24, 2.45) is 10.7 Å². The van der Waals surface area contributed by atoms with Crippen molar-refractivity contribution < 1.29 is 19.1 Å². The molecule has 0 atom stereocenters. The number of halogens is 1. The summed E-state index contributed by atoms with van der Waals surface area (Å²) < 4.78 is 15.2. The molecule has 4 N–H and O–H groups in total. The molecular formula is C30H34ClN5O4S. The second-order valence-electron chi connectivity index (χ2n) is 8.96. The molecule has 2 amide bonds. The fraction of sp³-hybridized carbons (Fsp3) is 0.267. The first-order chi connectivity index (χ1) is 19.8. The topological polar surface area (TPSA) is 128 Å². The standard InChI is InChI=1S/C30H34ClN5O4S/c1-4-5-7-10-20(2)27-26(21(3)41-36-27)28(37)35-29(32)34-18-22-15-23(17-24(31)16-22)19-40-30(38)33-13-14-39-25-11-8-6-9-12-25/h4-6,8-9,11-12,15-17H,2,7,10,13-14,18-19H2,1,3H3,(H,33,38)(H3,32,34,35,37)/b5-4-. The number of benzene rings is 2. The minimum Gasteiger partial charge on any atom is -0.492 e. The number of nitrogens with two attached hydrogens (primary N) is 1. The van der Waals surface area contributed by atoms with Gasteiger partial charge in [0.2, 0.25) is 0 Å². The SMILES string of the molecule is C=C(CC/C=C\C)c1nsc(C)c1C(=O)NC(N)=NCc1cc(Cl)cc(COC(=O)NCCOc2ccccc2)c1. The van der Waals surface area contributed by atoms with Gasteiger partial charge in [0.1, 0.15) is 19.0 Å². The average Bonchev–Trinajstić information content (AvgIpc) is 3.35. The van der Waals surface area contributed by atoms with Gasteiger partial charge in [-0.15, -0.1) is 0 Å². The van der Waals surface area contributed by atoms with Gasteiger partial charge in [0, 0.05) is 9.90 Å². The zero-order valence-corrected chi connectivity index (χ0v) is 24.7. The Hall–Kier alpha value is -4.15. The molecule has 0 unspecified atom stereocenters. The van der Waals surface area contributed by atoms with Crippen LogP contribution in [0.2, 0.25) is 5.02 Å². The van der Waals surface area contributed by atoms with Gasteiger partial charge in [-0.05, 0) is 79.2 Å². The van der Waals surface area contributed by atoms with Gasteiger partial charge in [-0.2, -0.15) is 4.37 Å². The molecule has 0 saturated heterocycles. The Morgan fingerprint density at radius 1 is 1.20 bits per heavy atom. The second-order valence-corrected chi connectivity index (χ2v) is 10.4. The lowest BCUT2D eigenvalue weighted by atomic mass is 10.0. The van der Waals surface area contributed by atoms with E-state index in [1.54, 1.807) is 18.2 Å². The molecule has 0 aliphatic heterocycles. The number of para-hydroxylation sites is 1. The van der Waals surface area contributed by atoms with E-state index in [0.717, 1.165) is 28.2 Å². The number of amides is 2. The number of hydrogen-bond acceptors (Lipinski definition) is 7. The van der Waals surface area contributed by atoms with E-state index in [-0.39, 0.29) is 25.0 Å². The number of aromatic nitrogens is 1. The number of carbonyl (C=O) groups is 2. The molecule has 0 spiro atoms. The van der Waals surface area contributed by atoms with Crippen molar-refractivity contribution in [3.8, 4) is 5.75 Å². The number of rotatable bonds is 13. The van der Waals surface area contributed by atoms with E-state index in [4.69, 9.17) is 26.8 Å². The third kappa shape index (κ3) is 10.4. The number of aliphatic imine (C=N–C) groups is 1. The van der Waals surface area contributed by atoms with Crippen molar-refractivity contribution in [2.45, 2.75) is 39.8 Å². The molecule has 0 saturated carbocycles. The molecule has 0 fully saturated rings. The Balaban J connectivity index is 1.50. The highest BCUT2D eigenvalue weighted by molar-refractivity contribution is 7.06. The van der Waals surface area contributed by atoms with Crippen LogP contribution in [0.25, 0.3) is 5.57 Å². The van der Waals surface area contributed by atoms with Crippen molar-refractivity contribution >= 4 is 46.7 Å². The van der Waals surface area contributed by atoms with Crippen LogP contribution in [0, 0.1) is 6.92 Å². The fourth-order valence-corrected chi connectivity index (χ4v) is 4.76. The number of nitrogens with zero attached hydrogens (tertiary/aromatic N) is 2. The van der Waals surface area contributed by atoms with Crippen molar-refractivity contribution in [3.05, 3.63) is 99.5 Å². The van der Waals surface area contributed by atoms with Gasteiger partial charge in [0.15, 0.2) is 5.96 Å². The number of nitrogens with one attached hydrogen (secondary N) is 2. The zero-order chi connectivity index (χ0) is 29.6. The molecule has 0 radical (unpaired) electrons. The Morgan fingerprint density at radius 2 is 1.95 bits per heavy atom. The predicted molar refractivity (Wildman–Crippen MR) is 164 cm³/mol. The first kappa shape index (κ1) is 31.4. The van der Waals surface area contributed by atoms with Gasteiger partial charge in [-0.1, -0.05) is 54.6 Å². The number of guanidine groups is 1. The summed E-state index contributed by atoms with van der Waals surface area (Å²) in [5.74, 6) is 0.294. The summed E-state index contributed by atoms with van der Waals surface area (Å²) in [6, 6.07) is 14.5. The van der Waals surface area contributed by atoms with Gasteiger partial charge in [0.05, 0.1) is 24.3 Å². The summed E-state index contributed by atoms with van der Waals surface area (Å²) in [4.78, 5) is 30.1. The van der Waals surface area contributed by atoms with Crippen molar-refractivity contribution in [1.82, 2.24) is 15.0 Å². The van der Waals surface area contributed by atoms with Crippen LogP contribution in [0.3, 0.4) is 0 Å². The lowest BCUT2D eigenvalue weighted by molar-refractivity contribution is 0.0976. The third-order valence-electron chi connectivity index (χ3n) is 5.72. The molecule has 216 valence electrons. The van der Waals surface area contributed by atoms with E-state index in [1.807, 2.05) is 56.3 Å². The highest BCUT2D eigenvalue weighted by Crippen LogP contribution is 2.26. The van der Waals surface area contributed by atoms with Crippen molar-refractivity contribution in [3.63, 3.8) is 0 Å². The Kier molecular flexibility index (Phi) is 12.4. The van der Waals surface area contributed by atoms with Crippen LogP contribution in [0.15, 0.2) is 72.3 Å². The van der Waals surface area contributed by atoms with E-state index < -0.39 is 6.09 Å². The minimum atomic E-state index is -0.574. The Bertz CT molecular complexity index is 1410. The van der Waals surface area contributed by atoms with Gasteiger partial charge in [-0.25, -0.2) is 9.79 Å². The van der Waals surface area contributed by atoms with Crippen LogP contribution in [-0.2, 0) is 17.9 Å². The summed E-state index contributed by atoms with van der Waals surface area (Å²) in [5.41, 5.74) is 9.25. The lowest BCUT2D eigenvalue weighted by Crippen LogP contribution is -2.37. The van der Waals surface area contributed by atoms with Gasteiger partial charge in [0.25, 0.3) is 5.91 Å². The van der Waals surface area contributed by atoms with Crippen LogP contribution < -0.4 is 21.1 Å². The van der Waals surface area contributed by atoms with E-state index >= 15 is 0 Å². The largest absolute Gasteiger partial charge is 0.492 e. The first-order valence-electron chi connectivity index (χ1n) is 13.0. The average molecular weight is 596 g/mol. The molecule has 3 rings (SSSR count). The highest BCUT2D eigenvalue weighted by atomic mass is 35.5. The molecule has 0 aliphatic carbocycles. The number of ether oxygens (including phenoxy) is 2. The number of allylic oxidation sites excluding steroid dienone is 3. The van der Waals surface area contributed by atoms with E-state index in [9.17, 15) is 9.59 Å². The van der Waals surface area contributed by atoms with E-state index in [2.05, 4.69) is 26.6 Å². The molecular weight excluding hydrogens is 562 g/mol. The van der Waals surface area contributed by atoms with E-state index in [1.165, 1.54) is 11.5 Å². The van der Waals surface area contributed by atoms with Crippen LogP contribution in [0.1, 0.15) is 51.8 Å². The molecule has 0 bridgehead atoms. The molecule has 3 aromatic rings. The first-order valence-corrected chi connectivity index (χ1v) is 14.2. The second kappa shape index (κ2) is 16.2. The lowest BCUT2D eigenvalue weighted by Gasteiger charge is -2.10. The highest BCUT2D eigenvalue weighted by Gasteiger charge is 2.20. The van der Waals surface area contributed by atoms with Crippen LogP contribution in [0.4, 0.5) is 4.79 Å². The number of carbonyl (C=O) groups excluding carboxylic acids is 2. The minimum absolute atomic E-state index is 0.0139. The van der Waals surface area contributed by atoms with Gasteiger partial charge >= 0.3 is 6.09 Å². The summed E-state index contributed by atoms with van der Waals surface area (Å²) in [5, 5.41) is 5.73.